The van der Waals surface area contributed by atoms with E-state index in [9.17, 15) is 9.59 Å². The molecule has 0 heterocycles. The number of hydrogen-bond donors (Lipinski definition) is 1. The molecular weight excluding hydrogens is 250 g/mol. The third kappa shape index (κ3) is 1.80. The molecule has 14 heavy (non-hydrogen) atoms. The Bertz CT molecular complexity index is 448. The molecule has 0 saturated carbocycles. The van der Waals surface area contributed by atoms with Crippen LogP contribution in [0.5, 0.6) is 0 Å². The highest BCUT2D eigenvalue weighted by Gasteiger charge is 2.11. The number of benzene rings is 1. The number of rotatable bonds is 2. The van der Waals surface area contributed by atoms with Crippen LogP contribution in [0.4, 0.5) is 0 Å². The Kier molecular flexibility index (Phi) is 2.99. The maximum atomic E-state index is 10.6. The fourth-order valence-electron chi connectivity index (χ4n) is 0.938. The highest BCUT2D eigenvalue weighted by Crippen LogP contribution is 2.22. The SMILES string of the molecule is N#Cc1cc(C(=O)O)cc(C=O)c1Br. The summed E-state index contributed by atoms with van der Waals surface area (Å²) in [7, 11) is 0. The van der Waals surface area contributed by atoms with Crippen LogP contribution in [0.1, 0.15) is 26.3 Å². The van der Waals surface area contributed by atoms with Crippen molar-refractivity contribution in [2.24, 2.45) is 0 Å². The molecule has 1 N–H and O–H groups in total. The van der Waals surface area contributed by atoms with Gasteiger partial charge in [0, 0.05) is 10.0 Å². The lowest BCUT2D eigenvalue weighted by atomic mass is 10.1. The molecule has 0 amide bonds. The zero-order chi connectivity index (χ0) is 10.7. The number of hydrogen-bond acceptors (Lipinski definition) is 3. The van der Waals surface area contributed by atoms with Crippen molar-refractivity contribution in [1.29, 1.82) is 5.26 Å². The number of carboxylic acid groups (broad SMARTS) is 1. The number of halogens is 1. The van der Waals surface area contributed by atoms with E-state index >= 15 is 0 Å². The summed E-state index contributed by atoms with van der Waals surface area (Å²) in [5.74, 6) is -1.17. The van der Waals surface area contributed by atoms with Crippen LogP contribution in [0.2, 0.25) is 0 Å². The number of aromatic carboxylic acids is 1. The highest BCUT2D eigenvalue weighted by molar-refractivity contribution is 9.10. The van der Waals surface area contributed by atoms with Crippen LogP contribution in [0, 0.1) is 11.3 Å². The molecule has 4 nitrogen and oxygen atoms in total. The van der Waals surface area contributed by atoms with Gasteiger partial charge in [-0.15, -0.1) is 0 Å². The number of carboxylic acids is 1. The Morgan fingerprint density at radius 3 is 2.64 bits per heavy atom. The van der Waals surface area contributed by atoms with Crippen molar-refractivity contribution in [3.63, 3.8) is 0 Å². The normalized spacial score (nSPS) is 9.14. The number of aldehydes is 1. The fourth-order valence-corrected chi connectivity index (χ4v) is 1.35. The number of carbonyl (C=O) groups is 2. The summed E-state index contributed by atoms with van der Waals surface area (Å²) >= 11 is 3.04. The van der Waals surface area contributed by atoms with Gasteiger partial charge in [0.25, 0.3) is 0 Å². The molecule has 0 saturated heterocycles. The van der Waals surface area contributed by atoms with Crippen LogP contribution >= 0.6 is 15.9 Å². The van der Waals surface area contributed by atoms with Gasteiger partial charge in [0.05, 0.1) is 11.1 Å². The molecule has 0 aliphatic heterocycles. The zero-order valence-corrected chi connectivity index (χ0v) is 8.41. The highest BCUT2D eigenvalue weighted by atomic mass is 79.9. The first-order chi connectivity index (χ1) is 6.60. The lowest BCUT2D eigenvalue weighted by Gasteiger charge is -2.01. The quantitative estimate of drug-likeness (QED) is 0.816. The first-order valence-corrected chi connectivity index (χ1v) is 4.31. The third-order valence-electron chi connectivity index (χ3n) is 1.60. The van der Waals surface area contributed by atoms with Gasteiger partial charge in [0.2, 0.25) is 0 Å². The summed E-state index contributed by atoms with van der Waals surface area (Å²) in [5, 5.41) is 17.3. The molecule has 1 aromatic carbocycles. The lowest BCUT2D eigenvalue weighted by molar-refractivity contribution is 0.0697. The van der Waals surface area contributed by atoms with Crippen LogP contribution in [-0.2, 0) is 0 Å². The fraction of sp³-hybridized carbons (Fsp3) is 0. The van der Waals surface area contributed by atoms with Gasteiger partial charge in [-0.2, -0.15) is 5.26 Å². The van der Waals surface area contributed by atoms with E-state index in [4.69, 9.17) is 10.4 Å². The summed E-state index contributed by atoms with van der Waals surface area (Å²) in [4.78, 5) is 21.1. The van der Waals surface area contributed by atoms with Gasteiger partial charge < -0.3 is 5.11 Å². The molecule has 0 atom stereocenters. The van der Waals surface area contributed by atoms with E-state index in [1.54, 1.807) is 6.07 Å². The van der Waals surface area contributed by atoms with E-state index in [0.717, 1.165) is 0 Å². The Balaban J connectivity index is 3.49. The molecule has 0 bridgehead atoms. The second kappa shape index (κ2) is 4.03. The van der Waals surface area contributed by atoms with Crippen LogP contribution in [0.15, 0.2) is 16.6 Å². The summed E-state index contributed by atoms with van der Waals surface area (Å²) in [5.41, 5.74) is 0.209. The molecule has 0 aliphatic rings. The monoisotopic (exact) mass is 253 g/mol. The van der Waals surface area contributed by atoms with Crippen LogP contribution < -0.4 is 0 Å². The summed E-state index contributed by atoms with van der Waals surface area (Å²) in [6.07, 6.45) is 0.497. The van der Waals surface area contributed by atoms with Crippen molar-refractivity contribution >= 4 is 28.2 Å². The topological polar surface area (TPSA) is 78.2 Å². The van der Waals surface area contributed by atoms with Crippen molar-refractivity contribution in [2.45, 2.75) is 0 Å². The molecule has 0 aromatic heterocycles. The van der Waals surface area contributed by atoms with Gasteiger partial charge in [-0.3, -0.25) is 4.79 Å². The van der Waals surface area contributed by atoms with Gasteiger partial charge in [0.1, 0.15) is 6.07 Å². The Hall–Kier alpha value is -1.67. The number of carbonyl (C=O) groups excluding carboxylic acids is 1. The molecule has 0 unspecified atom stereocenters. The molecular formula is C9H4BrNO3. The van der Waals surface area contributed by atoms with Crippen molar-refractivity contribution in [2.75, 3.05) is 0 Å². The zero-order valence-electron chi connectivity index (χ0n) is 6.82. The largest absolute Gasteiger partial charge is 0.478 e. The second-order valence-corrected chi connectivity index (χ2v) is 3.25. The number of nitriles is 1. The van der Waals surface area contributed by atoms with Crippen LogP contribution in [0.25, 0.3) is 0 Å². The van der Waals surface area contributed by atoms with E-state index in [1.165, 1.54) is 12.1 Å². The van der Waals surface area contributed by atoms with Gasteiger partial charge >= 0.3 is 5.97 Å². The van der Waals surface area contributed by atoms with E-state index < -0.39 is 5.97 Å². The third-order valence-corrected chi connectivity index (χ3v) is 2.48. The van der Waals surface area contributed by atoms with E-state index in [0.29, 0.717) is 10.8 Å². The summed E-state index contributed by atoms with van der Waals surface area (Å²) in [6, 6.07) is 4.21. The average molecular weight is 254 g/mol. The molecule has 0 aliphatic carbocycles. The Morgan fingerprint density at radius 1 is 1.57 bits per heavy atom. The van der Waals surface area contributed by atoms with Gasteiger partial charge in [-0.05, 0) is 28.1 Å². The average Bonchev–Trinajstić information content (AvgIpc) is 2.17. The minimum atomic E-state index is -1.17. The van der Waals surface area contributed by atoms with Crippen LogP contribution in [-0.4, -0.2) is 17.4 Å². The molecule has 1 rings (SSSR count). The smallest absolute Gasteiger partial charge is 0.335 e. The van der Waals surface area contributed by atoms with Crippen molar-refractivity contribution in [3.8, 4) is 6.07 Å². The predicted octanol–water partition coefficient (Wildman–Crippen LogP) is 1.83. The van der Waals surface area contributed by atoms with E-state index in [-0.39, 0.29) is 16.7 Å². The molecule has 1 aromatic rings. The van der Waals surface area contributed by atoms with E-state index in [1.807, 2.05) is 0 Å². The van der Waals surface area contributed by atoms with Gasteiger partial charge in [-0.1, -0.05) is 0 Å². The first kappa shape index (κ1) is 10.4. The van der Waals surface area contributed by atoms with Crippen molar-refractivity contribution < 1.29 is 14.7 Å². The summed E-state index contributed by atoms with van der Waals surface area (Å²) < 4.78 is 0.319. The van der Waals surface area contributed by atoms with Gasteiger partial charge in [-0.25, -0.2) is 4.79 Å². The molecule has 0 spiro atoms. The minimum Gasteiger partial charge on any atom is -0.478 e. The van der Waals surface area contributed by atoms with Crippen molar-refractivity contribution in [1.82, 2.24) is 0 Å². The summed E-state index contributed by atoms with van der Waals surface area (Å²) in [6.45, 7) is 0. The minimum absolute atomic E-state index is 0.0770. The van der Waals surface area contributed by atoms with Gasteiger partial charge in [0.15, 0.2) is 6.29 Å². The number of nitrogens with zero attached hydrogens (tertiary/aromatic N) is 1. The van der Waals surface area contributed by atoms with E-state index in [2.05, 4.69) is 15.9 Å². The Morgan fingerprint density at radius 2 is 2.21 bits per heavy atom. The van der Waals surface area contributed by atoms with Crippen LogP contribution in [0.3, 0.4) is 0 Å². The molecule has 0 radical (unpaired) electrons. The molecule has 70 valence electrons. The molecule has 5 heteroatoms. The predicted molar refractivity (Wildman–Crippen MR) is 51.2 cm³/mol. The van der Waals surface area contributed by atoms with Crippen molar-refractivity contribution in [3.05, 3.63) is 33.3 Å². The Labute approximate surface area is 87.9 Å². The maximum absolute atomic E-state index is 10.6. The molecule has 0 fully saturated rings. The first-order valence-electron chi connectivity index (χ1n) is 3.52. The maximum Gasteiger partial charge on any atom is 0.335 e. The standard InChI is InChI=1S/C9H4BrNO3/c10-8-6(3-11)1-5(9(13)14)2-7(8)4-12/h1-2,4H,(H,13,14). The second-order valence-electron chi connectivity index (χ2n) is 2.46. The lowest BCUT2D eigenvalue weighted by Crippen LogP contribution is -1.99.